The minimum absolute atomic E-state index is 0.705. The van der Waals surface area contributed by atoms with Crippen molar-refractivity contribution in [1.29, 1.82) is 0 Å². The van der Waals surface area contributed by atoms with Crippen LogP contribution in [0, 0.1) is 0 Å². The Labute approximate surface area is 113 Å². The van der Waals surface area contributed by atoms with E-state index in [1.807, 2.05) is 0 Å². The van der Waals surface area contributed by atoms with E-state index in [0.717, 1.165) is 31.9 Å². The van der Waals surface area contributed by atoms with E-state index in [4.69, 9.17) is 4.74 Å². The summed E-state index contributed by atoms with van der Waals surface area (Å²) in [5, 5.41) is 4.10. The van der Waals surface area contributed by atoms with Crippen LogP contribution in [0.1, 0.15) is 30.4 Å². The van der Waals surface area contributed by atoms with Crippen LogP contribution in [0.4, 0.5) is 0 Å². The summed E-state index contributed by atoms with van der Waals surface area (Å²) in [5.74, 6) is 2.37. The molecule has 18 heavy (non-hydrogen) atoms. The van der Waals surface area contributed by atoms with Crippen molar-refractivity contribution in [3.63, 3.8) is 0 Å². The van der Waals surface area contributed by atoms with E-state index in [2.05, 4.69) is 35.3 Å². The summed E-state index contributed by atoms with van der Waals surface area (Å²) in [6.07, 6.45) is 5.20. The number of hydrogen-bond donors (Lipinski definition) is 1. The Bertz CT molecular complexity index is 401. The summed E-state index contributed by atoms with van der Waals surface area (Å²) in [7, 11) is 0. The minimum Gasteiger partial charge on any atom is -0.492 e. The van der Waals surface area contributed by atoms with Gasteiger partial charge < -0.3 is 10.1 Å². The van der Waals surface area contributed by atoms with Gasteiger partial charge in [-0.3, -0.25) is 0 Å². The molecular weight excluding hydrogens is 242 g/mol. The summed E-state index contributed by atoms with van der Waals surface area (Å²) in [6.45, 7) is 2.98. The highest BCUT2D eigenvalue weighted by atomic mass is 32.2. The van der Waals surface area contributed by atoms with E-state index >= 15 is 0 Å². The SMILES string of the molecule is c1cc2c(cc1OCC1CCCCS1)CCNC2. The number of ether oxygens (including phenoxy) is 1. The highest BCUT2D eigenvalue weighted by Crippen LogP contribution is 2.26. The van der Waals surface area contributed by atoms with E-state index in [9.17, 15) is 0 Å². The Kier molecular flexibility index (Phi) is 4.11. The van der Waals surface area contributed by atoms with Crippen molar-refractivity contribution in [2.75, 3.05) is 18.9 Å². The zero-order valence-corrected chi connectivity index (χ0v) is 11.6. The van der Waals surface area contributed by atoms with Crippen LogP contribution < -0.4 is 10.1 Å². The standard InChI is InChI=1S/C15H21NOS/c1-2-8-18-15(3-1)11-17-14-5-4-13-10-16-7-6-12(13)9-14/h4-5,9,15-16H,1-3,6-8,10-11H2. The van der Waals surface area contributed by atoms with E-state index < -0.39 is 0 Å². The first-order valence-electron chi connectivity index (χ1n) is 6.99. The van der Waals surface area contributed by atoms with Gasteiger partial charge in [-0.1, -0.05) is 12.5 Å². The normalized spacial score (nSPS) is 23.4. The minimum atomic E-state index is 0.705. The van der Waals surface area contributed by atoms with Gasteiger partial charge in [0.1, 0.15) is 12.4 Å². The number of nitrogens with one attached hydrogen (secondary N) is 1. The second-order valence-corrected chi connectivity index (χ2v) is 6.57. The molecule has 0 bridgehead atoms. The zero-order valence-electron chi connectivity index (χ0n) is 10.8. The van der Waals surface area contributed by atoms with Crippen LogP contribution in [0.5, 0.6) is 5.75 Å². The average Bonchev–Trinajstić information content (AvgIpc) is 2.46. The molecule has 2 heterocycles. The molecule has 0 aliphatic carbocycles. The van der Waals surface area contributed by atoms with Gasteiger partial charge in [0.25, 0.3) is 0 Å². The molecule has 98 valence electrons. The van der Waals surface area contributed by atoms with Crippen molar-refractivity contribution in [2.45, 2.75) is 37.5 Å². The lowest BCUT2D eigenvalue weighted by Crippen LogP contribution is -2.23. The summed E-state index contributed by atoms with van der Waals surface area (Å²) < 4.78 is 5.97. The molecule has 0 spiro atoms. The van der Waals surface area contributed by atoms with Crippen LogP contribution in [0.15, 0.2) is 18.2 Å². The summed E-state index contributed by atoms with van der Waals surface area (Å²) in [4.78, 5) is 0. The molecule has 0 saturated carbocycles. The van der Waals surface area contributed by atoms with Crippen LogP contribution in [0.2, 0.25) is 0 Å². The number of hydrogen-bond acceptors (Lipinski definition) is 3. The van der Waals surface area contributed by atoms with Gasteiger partial charge in [0.05, 0.1) is 0 Å². The monoisotopic (exact) mass is 263 g/mol. The molecule has 1 aromatic carbocycles. The molecule has 1 aromatic rings. The van der Waals surface area contributed by atoms with Gasteiger partial charge in [-0.25, -0.2) is 0 Å². The fourth-order valence-corrected chi connectivity index (χ4v) is 3.87. The summed E-state index contributed by atoms with van der Waals surface area (Å²) in [5.41, 5.74) is 2.89. The molecule has 3 rings (SSSR count). The Morgan fingerprint density at radius 1 is 1.28 bits per heavy atom. The first-order chi connectivity index (χ1) is 8.92. The van der Waals surface area contributed by atoms with Crippen LogP contribution >= 0.6 is 11.8 Å². The molecule has 2 aliphatic rings. The van der Waals surface area contributed by atoms with Crippen molar-refractivity contribution >= 4 is 11.8 Å². The molecule has 0 radical (unpaired) electrons. The number of fused-ring (bicyclic) bond motifs is 1. The van der Waals surface area contributed by atoms with Gasteiger partial charge in [0.2, 0.25) is 0 Å². The largest absolute Gasteiger partial charge is 0.492 e. The Morgan fingerprint density at radius 3 is 3.17 bits per heavy atom. The van der Waals surface area contributed by atoms with E-state index in [1.54, 1.807) is 0 Å². The number of benzene rings is 1. The van der Waals surface area contributed by atoms with Crippen LogP contribution in [-0.4, -0.2) is 24.2 Å². The van der Waals surface area contributed by atoms with Gasteiger partial charge in [-0.15, -0.1) is 0 Å². The lowest BCUT2D eigenvalue weighted by atomic mass is 10.0. The van der Waals surface area contributed by atoms with Crippen molar-refractivity contribution in [3.8, 4) is 5.75 Å². The van der Waals surface area contributed by atoms with Gasteiger partial charge in [-0.2, -0.15) is 11.8 Å². The van der Waals surface area contributed by atoms with E-state index in [-0.39, 0.29) is 0 Å². The smallest absolute Gasteiger partial charge is 0.119 e. The van der Waals surface area contributed by atoms with Gasteiger partial charge >= 0.3 is 0 Å². The predicted octanol–water partition coefficient (Wildman–Crippen LogP) is 3.00. The van der Waals surface area contributed by atoms with Gasteiger partial charge in [0.15, 0.2) is 0 Å². The van der Waals surface area contributed by atoms with Crippen LogP contribution in [-0.2, 0) is 13.0 Å². The Hall–Kier alpha value is -0.670. The van der Waals surface area contributed by atoms with Crippen molar-refractivity contribution in [1.82, 2.24) is 5.32 Å². The topological polar surface area (TPSA) is 21.3 Å². The third-order valence-electron chi connectivity index (χ3n) is 3.77. The van der Waals surface area contributed by atoms with Crippen LogP contribution in [0.3, 0.4) is 0 Å². The van der Waals surface area contributed by atoms with E-state index in [1.165, 1.54) is 36.1 Å². The molecule has 1 saturated heterocycles. The third-order valence-corrected chi connectivity index (χ3v) is 5.14. The fraction of sp³-hybridized carbons (Fsp3) is 0.600. The average molecular weight is 263 g/mol. The van der Waals surface area contributed by atoms with Crippen molar-refractivity contribution in [2.24, 2.45) is 0 Å². The predicted molar refractivity (Wildman–Crippen MR) is 77.4 cm³/mol. The number of rotatable bonds is 3. The highest BCUT2D eigenvalue weighted by molar-refractivity contribution is 7.99. The quantitative estimate of drug-likeness (QED) is 0.906. The fourth-order valence-electron chi connectivity index (χ4n) is 2.67. The van der Waals surface area contributed by atoms with Crippen molar-refractivity contribution in [3.05, 3.63) is 29.3 Å². The lowest BCUT2D eigenvalue weighted by molar-refractivity contribution is 0.308. The molecule has 1 fully saturated rings. The molecule has 1 N–H and O–H groups in total. The van der Waals surface area contributed by atoms with Crippen LogP contribution in [0.25, 0.3) is 0 Å². The summed E-state index contributed by atoms with van der Waals surface area (Å²) >= 11 is 2.08. The first kappa shape index (κ1) is 12.4. The molecular formula is C15H21NOS. The third kappa shape index (κ3) is 3.01. The maximum absolute atomic E-state index is 5.97. The molecule has 3 heteroatoms. The molecule has 0 amide bonds. The Balaban J connectivity index is 1.58. The molecule has 1 unspecified atom stereocenters. The number of thioether (sulfide) groups is 1. The zero-order chi connectivity index (χ0) is 12.2. The molecule has 2 nitrogen and oxygen atoms in total. The lowest BCUT2D eigenvalue weighted by Gasteiger charge is -2.22. The second kappa shape index (κ2) is 5.98. The summed E-state index contributed by atoms with van der Waals surface area (Å²) in [6, 6.07) is 6.58. The maximum atomic E-state index is 5.97. The van der Waals surface area contributed by atoms with Gasteiger partial charge in [-0.05, 0) is 54.8 Å². The maximum Gasteiger partial charge on any atom is 0.119 e. The molecule has 2 aliphatic heterocycles. The first-order valence-corrected chi connectivity index (χ1v) is 8.03. The molecule has 1 atom stereocenters. The highest BCUT2D eigenvalue weighted by Gasteiger charge is 2.15. The second-order valence-electron chi connectivity index (χ2n) is 5.16. The van der Waals surface area contributed by atoms with Gasteiger partial charge in [0, 0.05) is 11.8 Å². The van der Waals surface area contributed by atoms with E-state index in [0.29, 0.717) is 5.25 Å². The van der Waals surface area contributed by atoms with Crippen molar-refractivity contribution < 1.29 is 4.74 Å². The Morgan fingerprint density at radius 2 is 2.28 bits per heavy atom. The molecule has 0 aromatic heterocycles.